The first-order chi connectivity index (χ1) is 31.0. The average molecular weight is 805 g/mol. The Morgan fingerprint density at radius 2 is 0.889 bits per heavy atom. The van der Waals surface area contributed by atoms with Crippen molar-refractivity contribution in [3.8, 4) is 22.3 Å². The summed E-state index contributed by atoms with van der Waals surface area (Å²) in [6, 6.07) is 85.1. The molecule has 1 aliphatic rings. The molecule has 0 radical (unpaired) electrons. The van der Waals surface area contributed by atoms with E-state index in [4.69, 9.17) is 0 Å². The van der Waals surface area contributed by atoms with Crippen LogP contribution in [0.15, 0.2) is 231 Å². The van der Waals surface area contributed by atoms with Gasteiger partial charge in [0.1, 0.15) is 0 Å². The zero-order valence-corrected chi connectivity index (χ0v) is 35.3. The summed E-state index contributed by atoms with van der Waals surface area (Å²) in [5.74, 6) is 0. The maximum atomic E-state index is 2.58. The second-order valence-electron chi connectivity index (χ2n) is 17.3. The van der Waals surface area contributed by atoms with Crippen LogP contribution in [0.4, 0.5) is 34.1 Å². The van der Waals surface area contributed by atoms with Crippen molar-refractivity contribution in [1.29, 1.82) is 0 Å². The van der Waals surface area contributed by atoms with Gasteiger partial charge in [-0.15, -0.1) is 0 Å². The fourth-order valence-electron chi connectivity index (χ4n) is 10.2. The minimum absolute atomic E-state index is 0.253. The molecule has 0 saturated heterocycles. The van der Waals surface area contributed by atoms with Crippen molar-refractivity contribution in [2.45, 2.75) is 19.3 Å². The van der Waals surface area contributed by atoms with E-state index in [1.54, 1.807) is 0 Å². The van der Waals surface area contributed by atoms with E-state index in [9.17, 15) is 0 Å². The largest absolute Gasteiger partial charge is 0.308 e. The molecule has 0 saturated carbocycles. The minimum atomic E-state index is -0.253. The number of anilines is 6. The van der Waals surface area contributed by atoms with Gasteiger partial charge in [-0.2, -0.15) is 0 Å². The molecule has 2 heteroatoms. The fraction of sp³-hybridized carbons (Fsp3) is 0.0492. The molecule has 298 valence electrons. The summed E-state index contributed by atoms with van der Waals surface area (Å²) in [5.41, 5.74) is 13.9. The maximum Gasteiger partial charge on any atom is 0.0781 e. The zero-order valence-electron chi connectivity index (χ0n) is 35.3. The van der Waals surface area contributed by atoms with E-state index in [0.29, 0.717) is 0 Å². The fourth-order valence-corrected chi connectivity index (χ4v) is 10.2. The van der Waals surface area contributed by atoms with Gasteiger partial charge in [0, 0.05) is 21.9 Å². The average Bonchev–Trinajstić information content (AvgIpc) is 3.35. The number of hydrogen-bond donors (Lipinski definition) is 0. The molecule has 0 unspecified atom stereocenters. The van der Waals surface area contributed by atoms with Gasteiger partial charge < -0.3 is 9.80 Å². The van der Waals surface area contributed by atoms with E-state index in [1.807, 2.05) is 0 Å². The Morgan fingerprint density at radius 1 is 0.333 bits per heavy atom. The van der Waals surface area contributed by atoms with Crippen LogP contribution in [0.25, 0.3) is 65.3 Å². The quantitative estimate of drug-likeness (QED) is 0.155. The molecule has 0 amide bonds. The molecule has 0 fully saturated rings. The normalized spacial score (nSPS) is 13.0. The molecule has 1 heterocycles. The van der Waals surface area contributed by atoms with Gasteiger partial charge >= 0.3 is 0 Å². The lowest BCUT2D eigenvalue weighted by Gasteiger charge is -2.44. The van der Waals surface area contributed by atoms with Gasteiger partial charge in [-0.25, -0.2) is 0 Å². The van der Waals surface area contributed by atoms with Crippen molar-refractivity contribution >= 4 is 77.2 Å². The second kappa shape index (κ2) is 14.6. The number of nitrogens with zero attached hydrogens (tertiary/aromatic N) is 2. The molecule has 1 aliphatic heterocycles. The van der Waals surface area contributed by atoms with Crippen LogP contribution < -0.4 is 9.80 Å². The van der Waals surface area contributed by atoms with E-state index in [2.05, 4.69) is 254 Å². The highest BCUT2D eigenvalue weighted by Gasteiger charge is 2.39. The molecule has 0 aromatic heterocycles. The summed E-state index contributed by atoms with van der Waals surface area (Å²) in [7, 11) is 0. The summed E-state index contributed by atoms with van der Waals surface area (Å²) in [6.45, 7) is 4.76. The first-order valence-electron chi connectivity index (χ1n) is 21.9. The van der Waals surface area contributed by atoms with E-state index in [0.717, 1.165) is 22.7 Å². The molecule has 2 nitrogen and oxygen atoms in total. The first-order valence-corrected chi connectivity index (χ1v) is 21.9. The van der Waals surface area contributed by atoms with Gasteiger partial charge in [-0.3, -0.25) is 0 Å². The highest BCUT2D eigenvalue weighted by atomic mass is 15.2. The number of rotatable bonds is 6. The highest BCUT2D eigenvalue weighted by Crippen LogP contribution is 2.57. The molecular formula is C61H44N2. The van der Waals surface area contributed by atoms with Crippen molar-refractivity contribution in [3.63, 3.8) is 0 Å². The molecule has 0 bridgehead atoms. The number of benzene rings is 11. The van der Waals surface area contributed by atoms with E-state index in [1.165, 1.54) is 87.8 Å². The summed E-state index contributed by atoms with van der Waals surface area (Å²) < 4.78 is 0. The third kappa shape index (κ3) is 6.02. The standard InChI is InChI=1S/C61H44N2/c1-61(2)54-26-14-15-27-56(54)63(59-39-47(32-36-55(59)61)46-29-28-42-18-6-7-20-45(42)38-46)60-51-23-11-8-19-44(51)33-37-57(60)62(49-34-30-43(31-35-49)41-16-4-3-5-17-41)58-40-48-21-9-10-22-50(48)52-24-12-13-25-53(52)58/h3-40H,1-2H3. The van der Waals surface area contributed by atoms with E-state index >= 15 is 0 Å². The third-order valence-electron chi connectivity index (χ3n) is 13.4. The Labute approximate surface area is 368 Å². The van der Waals surface area contributed by atoms with Crippen LogP contribution in [0.3, 0.4) is 0 Å². The molecule has 11 aromatic carbocycles. The Balaban J connectivity index is 1.17. The monoisotopic (exact) mass is 804 g/mol. The SMILES string of the molecule is CC1(C)c2ccccc2N(c2c(N(c3ccc(-c4ccccc4)cc3)c3cc4ccccc4c4ccccc34)ccc3ccccc23)c2cc(-c3ccc4ccccc4c3)ccc21. The lowest BCUT2D eigenvalue weighted by atomic mass is 9.73. The van der Waals surface area contributed by atoms with Crippen LogP contribution in [0.1, 0.15) is 25.0 Å². The third-order valence-corrected chi connectivity index (χ3v) is 13.4. The second-order valence-corrected chi connectivity index (χ2v) is 17.3. The van der Waals surface area contributed by atoms with Crippen LogP contribution >= 0.6 is 0 Å². The molecule has 12 rings (SSSR count). The molecule has 0 atom stereocenters. The predicted octanol–water partition coefficient (Wildman–Crippen LogP) is 17.2. The van der Waals surface area contributed by atoms with Crippen LogP contribution in [-0.4, -0.2) is 0 Å². The Morgan fingerprint density at radius 3 is 1.70 bits per heavy atom. The molecular weight excluding hydrogens is 761 g/mol. The summed E-state index contributed by atoms with van der Waals surface area (Å²) in [4.78, 5) is 5.09. The van der Waals surface area contributed by atoms with Crippen molar-refractivity contribution < 1.29 is 0 Å². The molecule has 0 spiro atoms. The molecule has 63 heavy (non-hydrogen) atoms. The minimum Gasteiger partial charge on any atom is -0.308 e. The van der Waals surface area contributed by atoms with Gasteiger partial charge in [-0.05, 0) is 108 Å². The van der Waals surface area contributed by atoms with Crippen LogP contribution in [-0.2, 0) is 5.41 Å². The molecule has 11 aromatic rings. The van der Waals surface area contributed by atoms with Crippen LogP contribution in [0, 0.1) is 0 Å². The molecule has 0 N–H and O–H groups in total. The summed E-state index contributed by atoms with van der Waals surface area (Å²) >= 11 is 0. The van der Waals surface area contributed by atoms with Gasteiger partial charge in [0.2, 0.25) is 0 Å². The smallest absolute Gasteiger partial charge is 0.0781 e. The van der Waals surface area contributed by atoms with Crippen LogP contribution in [0.5, 0.6) is 0 Å². The lowest BCUT2D eigenvalue weighted by Crippen LogP contribution is -2.31. The highest BCUT2D eigenvalue weighted by molar-refractivity contribution is 6.16. The number of hydrogen-bond acceptors (Lipinski definition) is 2. The van der Waals surface area contributed by atoms with Crippen molar-refractivity contribution in [3.05, 3.63) is 242 Å². The number of para-hydroxylation sites is 1. The van der Waals surface area contributed by atoms with Crippen molar-refractivity contribution in [2.75, 3.05) is 9.80 Å². The van der Waals surface area contributed by atoms with E-state index in [-0.39, 0.29) is 5.41 Å². The van der Waals surface area contributed by atoms with Gasteiger partial charge in [0.15, 0.2) is 0 Å². The van der Waals surface area contributed by atoms with Crippen molar-refractivity contribution in [1.82, 2.24) is 0 Å². The summed E-state index contributed by atoms with van der Waals surface area (Å²) in [5, 5.41) is 9.73. The summed E-state index contributed by atoms with van der Waals surface area (Å²) in [6.07, 6.45) is 0. The van der Waals surface area contributed by atoms with Gasteiger partial charge in [0.25, 0.3) is 0 Å². The Hall–Kier alpha value is -7.94. The number of fused-ring (bicyclic) bond motifs is 7. The zero-order chi connectivity index (χ0) is 42.1. The lowest BCUT2D eigenvalue weighted by molar-refractivity contribution is 0.632. The molecule has 0 aliphatic carbocycles. The Kier molecular flexibility index (Phi) is 8.55. The van der Waals surface area contributed by atoms with Gasteiger partial charge in [0.05, 0.1) is 28.4 Å². The van der Waals surface area contributed by atoms with Gasteiger partial charge in [-0.1, -0.05) is 202 Å². The maximum absolute atomic E-state index is 2.58. The van der Waals surface area contributed by atoms with Crippen LogP contribution in [0.2, 0.25) is 0 Å². The topological polar surface area (TPSA) is 6.48 Å². The first kappa shape index (κ1) is 36.9. The predicted molar refractivity (Wildman–Crippen MR) is 269 cm³/mol. The Bertz CT molecular complexity index is 3550. The van der Waals surface area contributed by atoms with Crippen molar-refractivity contribution in [2.24, 2.45) is 0 Å². The van der Waals surface area contributed by atoms with E-state index < -0.39 is 0 Å².